The zero-order valence-corrected chi connectivity index (χ0v) is 24.7. The highest BCUT2D eigenvalue weighted by Crippen LogP contribution is 2.36. The van der Waals surface area contributed by atoms with Gasteiger partial charge in [-0.25, -0.2) is 0 Å². The number of Topliss-reactive ketones (excluding diaryl/α,β-unsaturated/α-hetero) is 2. The van der Waals surface area contributed by atoms with Crippen LogP contribution >= 0.6 is 0 Å². The first-order valence-corrected chi connectivity index (χ1v) is 13.6. The fraction of sp³-hybridized carbons (Fsp3) is 0.679. The number of nitrogens with one attached hydrogen (secondary N) is 1. The first-order chi connectivity index (χ1) is 19.5. The molecule has 1 aliphatic carbocycles. The maximum atomic E-state index is 13.2. The molecule has 234 valence electrons. The predicted octanol–water partition coefficient (Wildman–Crippen LogP) is 1.52. The molecular weight excluding hydrogens is 558 g/mol. The van der Waals surface area contributed by atoms with Crippen LogP contribution in [0.5, 0.6) is 0 Å². The fourth-order valence-electron chi connectivity index (χ4n) is 4.96. The Morgan fingerprint density at radius 2 is 1.31 bits per heavy atom. The number of allylic oxidation sites excluding steroid dienone is 2. The Balaban J connectivity index is 2.60. The molecule has 2 rings (SSSR count). The fourth-order valence-corrected chi connectivity index (χ4v) is 4.96. The molecule has 1 saturated heterocycles. The number of ether oxygens (including phenoxy) is 5. The molecule has 1 saturated carbocycles. The molecule has 0 spiro atoms. The van der Waals surface area contributed by atoms with Crippen molar-refractivity contribution in [1.82, 2.24) is 5.32 Å². The third-order valence-electron chi connectivity index (χ3n) is 6.51. The van der Waals surface area contributed by atoms with Gasteiger partial charge >= 0.3 is 29.8 Å². The van der Waals surface area contributed by atoms with Crippen molar-refractivity contribution >= 4 is 41.4 Å². The summed E-state index contributed by atoms with van der Waals surface area (Å²) in [5.74, 6) is -4.96. The molecule has 0 aromatic rings. The van der Waals surface area contributed by atoms with Crippen LogP contribution in [-0.2, 0) is 57.2 Å². The van der Waals surface area contributed by atoms with Gasteiger partial charge in [0, 0.05) is 52.7 Å². The van der Waals surface area contributed by atoms with Crippen LogP contribution in [-0.4, -0.2) is 83.8 Å². The summed E-state index contributed by atoms with van der Waals surface area (Å²) in [4.78, 5) is 85.3. The normalized spacial score (nSPS) is 25.2. The Labute approximate surface area is 243 Å². The number of carboxylic acid groups (broad SMARTS) is 1. The first kappa shape index (κ1) is 34.4. The lowest BCUT2D eigenvalue weighted by Gasteiger charge is -2.45. The smallest absolute Gasteiger partial charge is 0.303 e. The number of carboxylic acids is 1. The van der Waals surface area contributed by atoms with Crippen molar-refractivity contribution in [1.29, 1.82) is 0 Å². The van der Waals surface area contributed by atoms with Gasteiger partial charge in [-0.1, -0.05) is 13.8 Å². The molecule has 0 bridgehead atoms. The highest BCUT2D eigenvalue weighted by Gasteiger charge is 2.52. The predicted molar refractivity (Wildman–Crippen MR) is 141 cm³/mol. The number of esters is 4. The minimum absolute atomic E-state index is 0.0629. The van der Waals surface area contributed by atoms with Crippen LogP contribution in [0.2, 0.25) is 0 Å². The molecule has 0 aromatic heterocycles. The summed E-state index contributed by atoms with van der Waals surface area (Å²) in [5, 5.41) is 12.0. The molecule has 42 heavy (non-hydrogen) atoms. The van der Waals surface area contributed by atoms with Gasteiger partial charge < -0.3 is 34.1 Å². The summed E-state index contributed by atoms with van der Waals surface area (Å²) < 4.78 is 27.4. The minimum Gasteiger partial charge on any atom is -0.481 e. The molecule has 0 radical (unpaired) electrons. The monoisotopic (exact) mass is 597 g/mol. The van der Waals surface area contributed by atoms with Crippen molar-refractivity contribution in [3.63, 3.8) is 0 Å². The second kappa shape index (κ2) is 14.9. The maximum Gasteiger partial charge on any atom is 0.303 e. The molecule has 2 aliphatic rings. The second-order valence-corrected chi connectivity index (χ2v) is 11.1. The van der Waals surface area contributed by atoms with Gasteiger partial charge in [0.2, 0.25) is 0 Å². The zero-order chi connectivity index (χ0) is 31.8. The van der Waals surface area contributed by atoms with Crippen molar-refractivity contribution in [3.05, 3.63) is 11.3 Å². The maximum absolute atomic E-state index is 13.2. The van der Waals surface area contributed by atoms with E-state index in [1.807, 2.05) is 0 Å². The largest absolute Gasteiger partial charge is 0.481 e. The van der Waals surface area contributed by atoms with Gasteiger partial charge in [0.1, 0.15) is 12.7 Å². The van der Waals surface area contributed by atoms with Crippen LogP contribution in [0.1, 0.15) is 80.1 Å². The lowest BCUT2D eigenvalue weighted by Crippen LogP contribution is -2.65. The standard InChI is InChI=1S/C28H39NO13/c1-14(30)38-13-21-24(39-15(2)31)25(40-16(3)32)26(41-17(4)33)27(42-21)29-18(9-7-8-10-22(36)37)23-19(34)11-28(5,6)12-20(23)35/h21,24-27,29H,7-13H2,1-6H3,(H,36,37)/t21-,24-,25+,26-,27-/m1/s1. The average molecular weight is 598 g/mol. The van der Waals surface area contributed by atoms with E-state index in [1.165, 1.54) is 0 Å². The third kappa shape index (κ3) is 10.2. The Kier molecular flexibility index (Phi) is 12.2. The molecular formula is C28H39NO13. The van der Waals surface area contributed by atoms with E-state index in [1.54, 1.807) is 13.8 Å². The van der Waals surface area contributed by atoms with Gasteiger partial charge in [-0.05, 0) is 24.7 Å². The third-order valence-corrected chi connectivity index (χ3v) is 6.51. The van der Waals surface area contributed by atoms with E-state index in [0.29, 0.717) is 0 Å². The summed E-state index contributed by atoms with van der Waals surface area (Å²) in [6.45, 7) is 7.55. The average Bonchev–Trinajstić information content (AvgIpc) is 2.81. The van der Waals surface area contributed by atoms with E-state index in [0.717, 1.165) is 27.7 Å². The van der Waals surface area contributed by atoms with Crippen LogP contribution in [0, 0.1) is 5.41 Å². The van der Waals surface area contributed by atoms with Gasteiger partial charge in [0.05, 0.1) is 5.57 Å². The van der Waals surface area contributed by atoms with Crippen molar-refractivity contribution in [3.8, 4) is 0 Å². The van der Waals surface area contributed by atoms with E-state index in [9.17, 15) is 33.6 Å². The highest BCUT2D eigenvalue weighted by atomic mass is 16.7. The van der Waals surface area contributed by atoms with Gasteiger partial charge in [0.15, 0.2) is 36.1 Å². The summed E-state index contributed by atoms with van der Waals surface area (Å²) in [7, 11) is 0. The van der Waals surface area contributed by atoms with Crippen molar-refractivity contribution in [2.75, 3.05) is 6.61 Å². The first-order valence-electron chi connectivity index (χ1n) is 13.6. The highest BCUT2D eigenvalue weighted by molar-refractivity contribution is 6.22. The molecule has 14 heteroatoms. The molecule has 2 N–H and O–H groups in total. The Bertz CT molecular complexity index is 1100. The van der Waals surface area contributed by atoms with E-state index in [4.69, 9.17) is 28.8 Å². The molecule has 2 fully saturated rings. The number of ketones is 2. The molecule has 14 nitrogen and oxygen atoms in total. The van der Waals surface area contributed by atoms with E-state index in [2.05, 4.69) is 5.32 Å². The summed E-state index contributed by atoms with van der Waals surface area (Å²) >= 11 is 0. The molecule has 1 heterocycles. The number of unbranched alkanes of at least 4 members (excludes halogenated alkanes) is 1. The number of carbonyl (C=O) groups excluding carboxylic acids is 6. The molecule has 5 atom stereocenters. The van der Waals surface area contributed by atoms with Crippen LogP contribution in [0.3, 0.4) is 0 Å². The molecule has 0 unspecified atom stereocenters. The van der Waals surface area contributed by atoms with Gasteiger partial charge in [-0.15, -0.1) is 0 Å². The van der Waals surface area contributed by atoms with Crippen LogP contribution in [0.25, 0.3) is 0 Å². The zero-order valence-electron chi connectivity index (χ0n) is 24.7. The van der Waals surface area contributed by atoms with Crippen LogP contribution in [0.4, 0.5) is 0 Å². The Morgan fingerprint density at radius 1 is 0.810 bits per heavy atom. The van der Waals surface area contributed by atoms with Gasteiger partial charge in [0.25, 0.3) is 0 Å². The van der Waals surface area contributed by atoms with E-state index < -0.39 is 84.1 Å². The number of hydrogen-bond donors (Lipinski definition) is 2. The van der Waals surface area contributed by atoms with Crippen LogP contribution in [0.15, 0.2) is 11.3 Å². The molecule has 0 amide bonds. The lowest BCUT2D eigenvalue weighted by molar-refractivity contribution is -0.256. The minimum atomic E-state index is -1.45. The lowest BCUT2D eigenvalue weighted by atomic mass is 9.73. The summed E-state index contributed by atoms with van der Waals surface area (Å²) in [5.41, 5.74) is -0.551. The quantitative estimate of drug-likeness (QED) is 0.108. The number of hydrogen-bond acceptors (Lipinski definition) is 13. The SMILES string of the molecule is CC(=O)OC[C@H]1O[C@@H](NC(CCCCC(=O)O)=C2C(=O)CC(C)(C)CC2=O)[C@H](OC(C)=O)[C@@H](OC(C)=O)[C@@H]1OC(C)=O. The van der Waals surface area contributed by atoms with Gasteiger partial charge in [-0.3, -0.25) is 33.6 Å². The molecule has 1 aliphatic heterocycles. The topological polar surface area (TPSA) is 198 Å². The van der Waals surface area contributed by atoms with Crippen molar-refractivity contribution in [2.45, 2.75) is 111 Å². The second-order valence-electron chi connectivity index (χ2n) is 11.1. The Hall–Kier alpha value is -3.81. The number of rotatable bonds is 12. The van der Waals surface area contributed by atoms with Crippen LogP contribution < -0.4 is 5.32 Å². The van der Waals surface area contributed by atoms with Crippen molar-refractivity contribution in [2.24, 2.45) is 5.41 Å². The van der Waals surface area contributed by atoms with E-state index in [-0.39, 0.29) is 49.8 Å². The Morgan fingerprint density at radius 3 is 1.81 bits per heavy atom. The van der Waals surface area contributed by atoms with E-state index >= 15 is 0 Å². The summed E-state index contributed by atoms with van der Waals surface area (Å²) in [6.07, 6.45) is -6.32. The number of carbonyl (C=O) groups is 7. The molecule has 0 aromatic carbocycles. The van der Waals surface area contributed by atoms with Crippen molar-refractivity contribution < 1.29 is 62.4 Å². The summed E-state index contributed by atoms with van der Waals surface area (Å²) in [6, 6.07) is 0. The van der Waals surface area contributed by atoms with Gasteiger partial charge in [-0.2, -0.15) is 0 Å². The number of aliphatic carboxylic acids is 1.